The normalized spacial score (nSPS) is 17.2. The van der Waals surface area contributed by atoms with Gasteiger partial charge in [0.1, 0.15) is 18.2 Å². The SMILES string of the molecule is COc1ccc(F)cc1-c1ccc2c(c1)N(CC1CC1)C(=O)COC2. The molecule has 2 aromatic rings. The summed E-state index contributed by atoms with van der Waals surface area (Å²) in [6.07, 6.45) is 2.33. The number of carbonyl (C=O) groups is 1. The van der Waals surface area contributed by atoms with Crippen molar-refractivity contribution in [3.8, 4) is 16.9 Å². The van der Waals surface area contributed by atoms with Gasteiger partial charge in [0.25, 0.3) is 5.91 Å². The molecule has 4 rings (SSSR count). The van der Waals surface area contributed by atoms with Gasteiger partial charge in [-0.05, 0) is 48.6 Å². The Labute approximate surface area is 146 Å². The maximum Gasteiger partial charge on any atom is 0.253 e. The summed E-state index contributed by atoms with van der Waals surface area (Å²) in [4.78, 5) is 14.3. The van der Waals surface area contributed by atoms with Crippen LogP contribution in [0.5, 0.6) is 5.75 Å². The minimum Gasteiger partial charge on any atom is -0.496 e. The average Bonchev–Trinajstić information content (AvgIpc) is 3.44. The van der Waals surface area contributed by atoms with Crippen LogP contribution in [0.1, 0.15) is 18.4 Å². The summed E-state index contributed by atoms with van der Waals surface area (Å²) >= 11 is 0. The number of rotatable bonds is 4. The fourth-order valence-electron chi connectivity index (χ4n) is 3.23. The minimum atomic E-state index is -0.319. The number of hydrogen-bond acceptors (Lipinski definition) is 3. The van der Waals surface area contributed by atoms with Crippen molar-refractivity contribution in [1.82, 2.24) is 0 Å². The fourth-order valence-corrected chi connectivity index (χ4v) is 3.23. The smallest absolute Gasteiger partial charge is 0.253 e. The Morgan fingerprint density at radius 1 is 1.20 bits per heavy atom. The first-order valence-corrected chi connectivity index (χ1v) is 8.50. The minimum absolute atomic E-state index is 0.0194. The number of methoxy groups -OCH3 is 1. The Bertz CT molecular complexity index is 817. The Kier molecular flexibility index (Phi) is 4.17. The van der Waals surface area contributed by atoms with E-state index in [0.29, 0.717) is 23.8 Å². The van der Waals surface area contributed by atoms with Gasteiger partial charge >= 0.3 is 0 Å². The summed E-state index contributed by atoms with van der Waals surface area (Å²) in [6.45, 7) is 1.22. The lowest BCUT2D eigenvalue weighted by molar-refractivity contribution is -0.123. The van der Waals surface area contributed by atoms with Crippen LogP contribution in [-0.2, 0) is 16.1 Å². The van der Waals surface area contributed by atoms with Crippen molar-refractivity contribution in [2.24, 2.45) is 5.92 Å². The number of benzene rings is 2. The molecule has 1 fully saturated rings. The van der Waals surface area contributed by atoms with Gasteiger partial charge in [-0.2, -0.15) is 0 Å². The maximum atomic E-state index is 13.8. The van der Waals surface area contributed by atoms with E-state index in [0.717, 1.165) is 36.2 Å². The Morgan fingerprint density at radius 2 is 2.04 bits per heavy atom. The number of ether oxygens (including phenoxy) is 2. The van der Waals surface area contributed by atoms with Gasteiger partial charge in [-0.3, -0.25) is 4.79 Å². The molecule has 0 spiro atoms. The third kappa shape index (κ3) is 3.24. The van der Waals surface area contributed by atoms with Crippen molar-refractivity contribution in [3.05, 3.63) is 47.8 Å². The lowest BCUT2D eigenvalue weighted by atomic mass is 10.0. The molecule has 0 bridgehead atoms. The lowest BCUT2D eigenvalue weighted by Crippen LogP contribution is -2.34. The van der Waals surface area contributed by atoms with Gasteiger partial charge in [0.05, 0.1) is 13.7 Å². The maximum absolute atomic E-state index is 13.8. The van der Waals surface area contributed by atoms with Crippen LogP contribution < -0.4 is 9.64 Å². The Hall–Kier alpha value is -2.40. The molecule has 0 radical (unpaired) electrons. The molecule has 1 heterocycles. The Morgan fingerprint density at radius 3 is 2.80 bits per heavy atom. The van der Waals surface area contributed by atoms with Crippen LogP contribution in [0.4, 0.5) is 10.1 Å². The van der Waals surface area contributed by atoms with Gasteiger partial charge in [-0.1, -0.05) is 12.1 Å². The van der Waals surface area contributed by atoms with E-state index in [2.05, 4.69) is 0 Å². The third-order valence-corrected chi connectivity index (χ3v) is 4.77. The van der Waals surface area contributed by atoms with E-state index in [9.17, 15) is 9.18 Å². The van der Waals surface area contributed by atoms with Crippen molar-refractivity contribution in [2.45, 2.75) is 19.4 Å². The summed E-state index contributed by atoms with van der Waals surface area (Å²) in [7, 11) is 1.57. The zero-order valence-electron chi connectivity index (χ0n) is 14.1. The molecule has 1 amide bonds. The molecule has 25 heavy (non-hydrogen) atoms. The van der Waals surface area contributed by atoms with Crippen LogP contribution in [0.3, 0.4) is 0 Å². The van der Waals surface area contributed by atoms with E-state index >= 15 is 0 Å². The first kappa shape index (κ1) is 16.1. The highest BCUT2D eigenvalue weighted by atomic mass is 19.1. The lowest BCUT2D eigenvalue weighted by Gasteiger charge is -2.23. The number of halogens is 1. The van der Waals surface area contributed by atoms with Crippen LogP contribution in [-0.4, -0.2) is 26.2 Å². The van der Waals surface area contributed by atoms with E-state index in [1.165, 1.54) is 12.1 Å². The standard InChI is InChI=1S/C20H20FNO3/c1-24-19-7-6-16(21)9-17(19)14-4-5-15-11-25-12-20(23)22(18(15)8-14)10-13-2-3-13/h4-9,13H,2-3,10-12H2,1H3. The molecule has 0 atom stereocenters. The highest BCUT2D eigenvalue weighted by Crippen LogP contribution is 2.37. The first-order valence-electron chi connectivity index (χ1n) is 8.50. The molecule has 5 heteroatoms. The van der Waals surface area contributed by atoms with Crippen LogP contribution in [0.2, 0.25) is 0 Å². The van der Waals surface area contributed by atoms with Crippen LogP contribution in [0.25, 0.3) is 11.1 Å². The van der Waals surface area contributed by atoms with Gasteiger partial charge in [0.2, 0.25) is 0 Å². The monoisotopic (exact) mass is 341 g/mol. The second-order valence-electron chi connectivity index (χ2n) is 6.63. The van der Waals surface area contributed by atoms with Crippen molar-refractivity contribution in [2.75, 3.05) is 25.2 Å². The second kappa shape index (κ2) is 6.48. The van der Waals surface area contributed by atoms with E-state index in [-0.39, 0.29) is 18.3 Å². The molecular weight excluding hydrogens is 321 g/mol. The second-order valence-corrected chi connectivity index (χ2v) is 6.63. The highest BCUT2D eigenvalue weighted by molar-refractivity contribution is 5.96. The molecule has 4 nitrogen and oxygen atoms in total. The van der Waals surface area contributed by atoms with Crippen molar-refractivity contribution in [3.63, 3.8) is 0 Å². The molecule has 2 aromatic carbocycles. The molecule has 1 saturated carbocycles. The van der Waals surface area contributed by atoms with Gasteiger partial charge < -0.3 is 14.4 Å². The van der Waals surface area contributed by atoms with Crippen LogP contribution >= 0.6 is 0 Å². The molecule has 1 aliphatic heterocycles. The van der Waals surface area contributed by atoms with E-state index < -0.39 is 0 Å². The summed E-state index contributed by atoms with van der Waals surface area (Å²) in [5, 5.41) is 0. The number of fused-ring (bicyclic) bond motifs is 1. The van der Waals surface area contributed by atoms with Crippen LogP contribution in [0.15, 0.2) is 36.4 Å². The zero-order chi connectivity index (χ0) is 17.4. The zero-order valence-corrected chi connectivity index (χ0v) is 14.1. The van der Waals surface area contributed by atoms with E-state index in [4.69, 9.17) is 9.47 Å². The topological polar surface area (TPSA) is 38.8 Å². The molecule has 0 unspecified atom stereocenters. The molecule has 130 valence electrons. The van der Waals surface area contributed by atoms with Crippen molar-refractivity contribution < 1.29 is 18.7 Å². The van der Waals surface area contributed by atoms with Gasteiger partial charge in [-0.15, -0.1) is 0 Å². The largest absolute Gasteiger partial charge is 0.496 e. The number of amides is 1. The first-order chi connectivity index (χ1) is 12.2. The van der Waals surface area contributed by atoms with Crippen molar-refractivity contribution in [1.29, 1.82) is 0 Å². The predicted octanol–water partition coefficient (Wildman–Crippen LogP) is 3.77. The molecule has 0 aromatic heterocycles. The quantitative estimate of drug-likeness (QED) is 0.850. The average molecular weight is 341 g/mol. The van der Waals surface area contributed by atoms with Gasteiger partial charge in [0.15, 0.2) is 0 Å². The number of hydrogen-bond donors (Lipinski definition) is 0. The number of carbonyl (C=O) groups excluding carboxylic acids is 1. The van der Waals surface area contributed by atoms with E-state index in [1.54, 1.807) is 13.2 Å². The molecule has 0 N–H and O–H groups in total. The van der Waals surface area contributed by atoms with Gasteiger partial charge in [0, 0.05) is 23.4 Å². The molecule has 1 aliphatic carbocycles. The third-order valence-electron chi connectivity index (χ3n) is 4.77. The molecule has 0 saturated heterocycles. The Balaban J connectivity index is 1.79. The fraction of sp³-hybridized carbons (Fsp3) is 0.350. The van der Waals surface area contributed by atoms with Gasteiger partial charge in [-0.25, -0.2) is 4.39 Å². The number of nitrogens with zero attached hydrogens (tertiary/aromatic N) is 1. The van der Waals surface area contributed by atoms with Crippen LogP contribution in [0, 0.1) is 11.7 Å². The summed E-state index contributed by atoms with van der Waals surface area (Å²) < 4.78 is 24.6. The summed E-state index contributed by atoms with van der Waals surface area (Å²) in [5.74, 6) is 0.836. The highest BCUT2D eigenvalue weighted by Gasteiger charge is 2.30. The van der Waals surface area contributed by atoms with E-state index in [1.807, 2.05) is 23.1 Å². The molecular formula is C20H20FNO3. The number of anilines is 1. The summed E-state index contributed by atoms with van der Waals surface area (Å²) in [5.41, 5.74) is 3.34. The summed E-state index contributed by atoms with van der Waals surface area (Å²) in [6, 6.07) is 10.3. The molecule has 2 aliphatic rings. The predicted molar refractivity (Wildman–Crippen MR) is 93.1 cm³/mol. The van der Waals surface area contributed by atoms with Crippen molar-refractivity contribution >= 4 is 11.6 Å².